The molecule has 2 aliphatic heterocycles. The summed E-state index contributed by atoms with van der Waals surface area (Å²) < 4.78 is 11.8. The van der Waals surface area contributed by atoms with Crippen molar-refractivity contribution in [2.45, 2.75) is 50.2 Å². The van der Waals surface area contributed by atoms with Crippen LogP contribution in [0.1, 0.15) is 38.5 Å². The average molecular weight is 325 g/mol. The van der Waals surface area contributed by atoms with E-state index in [1.54, 1.807) is 0 Å². The first-order chi connectivity index (χ1) is 11.2. The summed E-state index contributed by atoms with van der Waals surface area (Å²) in [5.41, 5.74) is -0.0896. The Labute approximate surface area is 139 Å². The third-order valence-corrected chi connectivity index (χ3v) is 5.37. The van der Waals surface area contributed by atoms with Gasteiger partial charge in [0, 0.05) is 26.2 Å². The maximum Gasteiger partial charge on any atom is 0.317 e. The van der Waals surface area contributed by atoms with Crippen molar-refractivity contribution in [3.63, 3.8) is 0 Å². The van der Waals surface area contributed by atoms with Gasteiger partial charge in [0.2, 0.25) is 0 Å². The van der Waals surface area contributed by atoms with Gasteiger partial charge in [0.1, 0.15) is 0 Å². The van der Waals surface area contributed by atoms with Crippen molar-refractivity contribution in [2.75, 3.05) is 53.0 Å². The topological polar surface area (TPSA) is 54.0 Å². The summed E-state index contributed by atoms with van der Waals surface area (Å²) in [6, 6.07) is 0.0359. The van der Waals surface area contributed by atoms with E-state index in [2.05, 4.69) is 17.3 Å². The van der Waals surface area contributed by atoms with E-state index in [4.69, 9.17) is 9.47 Å². The molecule has 3 fully saturated rings. The van der Waals surface area contributed by atoms with E-state index >= 15 is 0 Å². The molecule has 0 aromatic carbocycles. The van der Waals surface area contributed by atoms with Crippen LogP contribution in [0.5, 0.6) is 0 Å². The van der Waals surface area contributed by atoms with Crippen LogP contribution in [-0.4, -0.2) is 80.5 Å². The number of nitrogens with one attached hydrogen (secondary N) is 1. The summed E-state index contributed by atoms with van der Waals surface area (Å²) in [5, 5.41) is 3.06. The second-order valence-electron chi connectivity index (χ2n) is 7.31. The SMILES string of the molecule is CN1CCO[C@H](CNC(=O)N2CCOC3(CCCCCC3)C2)C1. The number of rotatable bonds is 2. The van der Waals surface area contributed by atoms with Crippen molar-refractivity contribution in [1.82, 2.24) is 15.1 Å². The number of carbonyl (C=O) groups excluding carboxylic acids is 1. The predicted octanol–water partition coefficient (Wildman–Crippen LogP) is 1.45. The summed E-state index contributed by atoms with van der Waals surface area (Å²) in [5.74, 6) is 0. The third-order valence-electron chi connectivity index (χ3n) is 5.37. The molecular weight excluding hydrogens is 294 g/mol. The molecule has 3 rings (SSSR count). The fourth-order valence-corrected chi connectivity index (χ4v) is 4.00. The molecule has 0 unspecified atom stereocenters. The van der Waals surface area contributed by atoms with Crippen LogP contribution in [0.4, 0.5) is 4.79 Å². The van der Waals surface area contributed by atoms with Crippen molar-refractivity contribution in [2.24, 2.45) is 0 Å². The lowest BCUT2D eigenvalue weighted by Crippen LogP contribution is -2.57. The lowest BCUT2D eigenvalue weighted by atomic mass is 9.92. The summed E-state index contributed by atoms with van der Waals surface area (Å²) in [6.45, 7) is 5.29. The third kappa shape index (κ3) is 4.58. The van der Waals surface area contributed by atoms with E-state index in [-0.39, 0.29) is 17.7 Å². The molecule has 2 saturated heterocycles. The van der Waals surface area contributed by atoms with E-state index in [9.17, 15) is 4.79 Å². The highest BCUT2D eigenvalue weighted by molar-refractivity contribution is 5.74. The van der Waals surface area contributed by atoms with Gasteiger partial charge in [-0.25, -0.2) is 4.79 Å². The largest absolute Gasteiger partial charge is 0.374 e. The van der Waals surface area contributed by atoms with E-state index < -0.39 is 0 Å². The summed E-state index contributed by atoms with van der Waals surface area (Å²) in [4.78, 5) is 16.7. The highest BCUT2D eigenvalue weighted by Crippen LogP contribution is 2.33. The Morgan fingerprint density at radius 3 is 2.70 bits per heavy atom. The minimum Gasteiger partial charge on any atom is -0.374 e. The molecule has 23 heavy (non-hydrogen) atoms. The molecule has 6 nitrogen and oxygen atoms in total. The number of hydrogen-bond donors (Lipinski definition) is 1. The number of carbonyl (C=O) groups is 1. The van der Waals surface area contributed by atoms with Crippen molar-refractivity contribution < 1.29 is 14.3 Å². The molecular formula is C17H31N3O3. The summed E-state index contributed by atoms with van der Waals surface area (Å²) in [6.07, 6.45) is 7.31. The minimum atomic E-state index is -0.0896. The van der Waals surface area contributed by atoms with Crippen LogP contribution in [0.3, 0.4) is 0 Å². The first kappa shape index (κ1) is 17.0. The van der Waals surface area contributed by atoms with Gasteiger partial charge in [0.05, 0.1) is 31.5 Å². The standard InChI is InChI=1S/C17H31N3O3/c1-19-8-10-22-15(13-19)12-18-16(21)20-9-11-23-17(14-20)6-4-2-3-5-7-17/h15H,2-14H2,1H3,(H,18,21)/t15-/m1/s1. The van der Waals surface area contributed by atoms with Crippen molar-refractivity contribution in [3.05, 3.63) is 0 Å². The fourth-order valence-electron chi connectivity index (χ4n) is 4.00. The maximum absolute atomic E-state index is 12.5. The highest BCUT2D eigenvalue weighted by Gasteiger charge is 2.38. The first-order valence-corrected chi connectivity index (χ1v) is 9.14. The molecule has 1 atom stereocenters. The first-order valence-electron chi connectivity index (χ1n) is 9.14. The molecule has 0 aromatic heterocycles. The quantitative estimate of drug-likeness (QED) is 0.835. The molecule has 0 radical (unpaired) electrons. The Bertz CT molecular complexity index is 397. The minimum absolute atomic E-state index is 0.0359. The van der Waals surface area contributed by atoms with Crippen LogP contribution in [0, 0.1) is 0 Å². The van der Waals surface area contributed by atoms with Gasteiger partial charge in [-0.3, -0.25) is 0 Å². The second kappa shape index (κ2) is 7.81. The molecule has 1 N–H and O–H groups in total. The van der Waals surface area contributed by atoms with Gasteiger partial charge in [-0.2, -0.15) is 0 Å². The van der Waals surface area contributed by atoms with Crippen LogP contribution in [0.15, 0.2) is 0 Å². The van der Waals surface area contributed by atoms with Crippen LogP contribution in [-0.2, 0) is 9.47 Å². The zero-order valence-electron chi connectivity index (χ0n) is 14.4. The Morgan fingerprint density at radius 1 is 1.17 bits per heavy atom. The Kier molecular flexibility index (Phi) is 5.77. The highest BCUT2D eigenvalue weighted by atomic mass is 16.5. The molecule has 3 aliphatic rings. The zero-order chi connectivity index (χ0) is 16.1. The number of morpholine rings is 2. The number of likely N-dealkylation sites (N-methyl/N-ethyl adjacent to an activating group) is 1. The second-order valence-corrected chi connectivity index (χ2v) is 7.31. The summed E-state index contributed by atoms with van der Waals surface area (Å²) >= 11 is 0. The zero-order valence-corrected chi connectivity index (χ0v) is 14.4. The molecule has 0 aromatic rings. The number of nitrogens with zero attached hydrogens (tertiary/aromatic N) is 2. The van der Waals surface area contributed by atoms with E-state index in [0.29, 0.717) is 19.7 Å². The molecule has 1 aliphatic carbocycles. The predicted molar refractivity (Wildman–Crippen MR) is 88.6 cm³/mol. The lowest BCUT2D eigenvalue weighted by Gasteiger charge is -2.42. The van der Waals surface area contributed by atoms with Crippen LogP contribution < -0.4 is 5.32 Å². The molecule has 6 heteroatoms. The van der Waals surface area contributed by atoms with Gasteiger partial charge in [0.15, 0.2) is 0 Å². The average Bonchev–Trinajstić information content (AvgIpc) is 2.78. The van der Waals surface area contributed by atoms with Gasteiger partial charge in [0.25, 0.3) is 0 Å². The van der Waals surface area contributed by atoms with Gasteiger partial charge >= 0.3 is 6.03 Å². The molecule has 2 amide bonds. The van der Waals surface area contributed by atoms with E-state index in [1.165, 1.54) is 25.7 Å². The maximum atomic E-state index is 12.5. The van der Waals surface area contributed by atoms with Gasteiger partial charge in [-0.15, -0.1) is 0 Å². The van der Waals surface area contributed by atoms with Gasteiger partial charge in [-0.05, 0) is 19.9 Å². The van der Waals surface area contributed by atoms with Gasteiger partial charge in [-0.1, -0.05) is 25.7 Å². The molecule has 132 valence electrons. The fraction of sp³-hybridized carbons (Fsp3) is 0.941. The van der Waals surface area contributed by atoms with Gasteiger partial charge < -0.3 is 24.6 Å². The van der Waals surface area contributed by atoms with Crippen molar-refractivity contribution in [1.29, 1.82) is 0 Å². The number of amides is 2. The van der Waals surface area contributed by atoms with Crippen molar-refractivity contribution in [3.8, 4) is 0 Å². The molecule has 0 bridgehead atoms. The summed E-state index contributed by atoms with van der Waals surface area (Å²) in [7, 11) is 2.09. The Hall–Kier alpha value is -0.850. The van der Waals surface area contributed by atoms with E-state index in [0.717, 1.165) is 39.1 Å². The van der Waals surface area contributed by atoms with Crippen LogP contribution in [0.25, 0.3) is 0 Å². The number of ether oxygens (including phenoxy) is 2. The van der Waals surface area contributed by atoms with Crippen LogP contribution >= 0.6 is 0 Å². The van der Waals surface area contributed by atoms with Crippen LogP contribution in [0.2, 0.25) is 0 Å². The van der Waals surface area contributed by atoms with E-state index in [1.807, 2.05) is 4.90 Å². The normalized spacial score (nSPS) is 29.3. The lowest BCUT2D eigenvalue weighted by molar-refractivity contribution is -0.106. The smallest absolute Gasteiger partial charge is 0.317 e. The number of hydrogen-bond acceptors (Lipinski definition) is 4. The monoisotopic (exact) mass is 325 g/mol. The Balaban J connectivity index is 1.48. The molecule has 1 spiro atoms. The Morgan fingerprint density at radius 2 is 1.96 bits per heavy atom. The number of urea groups is 1. The molecule has 2 heterocycles. The molecule has 1 saturated carbocycles. The van der Waals surface area contributed by atoms with Crippen molar-refractivity contribution >= 4 is 6.03 Å².